The minimum atomic E-state index is 0.879. The number of hydrogen-bond acceptors (Lipinski definition) is 1. The molecule has 1 heterocycles. The van der Waals surface area contributed by atoms with E-state index in [2.05, 4.69) is 175 Å². The zero-order valence-electron chi connectivity index (χ0n) is 26.2. The van der Waals surface area contributed by atoms with Gasteiger partial charge in [0, 0.05) is 12.1 Å². The molecule has 8 aromatic carbocycles. The second-order valence-corrected chi connectivity index (χ2v) is 12.2. The first-order chi connectivity index (χ1) is 23.3. The van der Waals surface area contributed by atoms with E-state index < -0.39 is 0 Å². The van der Waals surface area contributed by atoms with Crippen molar-refractivity contribution < 1.29 is 0 Å². The van der Waals surface area contributed by atoms with Crippen LogP contribution in [0.2, 0.25) is 0 Å². The SMILES string of the molecule is CCc1nc2ccccc2n1-c1ccc(-c2ccc(-c3c4ccccc4c(-c4ccc5ccccc5c4)c4ccccc34)cc2)cc1. The van der Waals surface area contributed by atoms with Crippen molar-refractivity contribution in [3.05, 3.63) is 170 Å². The van der Waals surface area contributed by atoms with Gasteiger partial charge in [-0.25, -0.2) is 4.98 Å². The fourth-order valence-corrected chi connectivity index (χ4v) is 7.33. The van der Waals surface area contributed by atoms with Crippen molar-refractivity contribution >= 4 is 43.4 Å². The summed E-state index contributed by atoms with van der Waals surface area (Å²) in [6, 6.07) is 59.5. The number of imidazole rings is 1. The van der Waals surface area contributed by atoms with Crippen LogP contribution in [0, 0.1) is 0 Å². The lowest BCUT2D eigenvalue weighted by Gasteiger charge is -2.18. The first-order valence-corrected chi connectivity index (χ1v) is 16.4. The zero-order valence-corrected chi connectivity index (χ0v) is 26.2. The Morgan fingerprint density at radius 3 is 1.57 bits per heavy atom. The van der Waals surface area contributed by atoms with Crippen LogP contribution >= 0.6 is 0 Å². The summed E-state index contributed by atoms with van der Waals surface area (Å²) < 4.78 is 2.28. The fourth-order valence-electron chi connectivity index (χ4n) is 7.33. The first kappa shape index (κ1) is 27.3. The molecule has 0 unspecified atom stereocenters. The lowest BCUT2D eigenvalue weighted by Crippen LogP contribution is -1.99. The topological polar surface area (TPSA) is 17.8 Å². The van der Waals surface area contributed by atoms with Crippen LogP contribution in [0.5, 0.6) is 0 Å². The van der Waals surface area contributed by atoms with Gasteiger partial charge in [0.2, 0.25) is 0 Å². The van der Waals surface area contributed by atoms with Gasteiger partial charge in [-0.15, -0.1) is 0 Å². The molecule has 0 aliphatic carbocycles. The molecule has 9 rings (SSSR count). The molecule has 0 amide bonds. The van der Waals surface area contributed by atoms with Gasteiger partial charge in [0.05, 0.1) is 11.0 Å². The number of benzene rings is 8. The summed E-state index contributed by atoms with van der Waals surface area (Å²) in [7, 11) is 0. The summed E-state index contributed by atoms with van der Waals surface area (Å²) in [6.07, 6.45) is 0.879. The lowest BCUT2D eigenvalue weighted by atomic mass is 9.85. The monoisotopic (exact) mass is 600 g/mol. The standard InChI is InChI=1S/C45H32N2/c1-2-43-46-41-17-9-10-18-42(41)47(43)36-27-25-32(26-28-36)31-19-22-33(23-20-31)44-37-13-5-7-15-39(37)45(40-16-8-6-14-38(40)44)35-24-21-30-11-3-4-12-34(30)29-35/h3-29H,2H2,1H3. The second kappa shape index (κ2) is 11.1. The van der Waals surface area contributed by atoms with Gasteiger partial charge in [0.15, 0.2) is 0 Å². The average Bonchev–Trinajstić information content (AvgIpc) is 3.53. The number of nitrogens with zero attached hydrogens (tertiary/aromatic N) is 2. The Morgan fingerprint density at radius 1 is 0.447 bits per heavy atom. The van der Waals surface area contributed by atoms with Crippen molar-refractivity contribution in [2.24, 2.45) is 0 Å². The van der Waals surface area contributed by atoms with Crippen molar-refractivity contribution in [2.75, 3.05) is 0 Å². The van der Waals surface area contributed by atoms with Crippen molar-refractivity contribution in [1.29, 1.82) is 0 Å². The predicted molar refractivity (Wildman–Crippen MR) is 199 cm³/mol. The number of hydrogen-bond donors (Lipinski definition) is 0. The van der Waals surface area contributed by atoms with Crippen LogP contribution in [-0.4, -0.2) is 9.55 Å². The van der Waals surface area contributed by atoms with Crippen LogP contribution in [-0.2, 0) is 6.42 Å². The van der Waals surface area contributed by atoms with Crippen LogP contribution in [0.15, 0.2) is 164 Å². The van der Waals surface area contributed by atoms with Crippen LogP contribution in [0.25, 0.3) is 82.4 Å². The van der Waals surface area contributed by atoms with Crippen LogP contribution in [0.1, 0.15) is 12.7 Å². The third kappa shape index (κ3) is 4.53. The van der Waals surface area contributed by atoms with Crippen molar-refractivity contribution in [2.45, 2.75) is 13.3 Å². The zero-order chi connectivity index (χ0) is 31.3. The van der Waals surface area contributed by atoms with E-state index in [0.29, 0.717) is 0 Å². The third-order valence-electron chi connectivity index (χ3n) is 9.55. The van der Waals surface area contributed by atoms with E-state index in [1.807, 2.05) is 0 Å². The summed E-state index contributed by atoms with van der Waals surface area (Å²) in [6.45, 7) is 2.16. The molecule has 0 aliphatic heterocycles. The summed E-state index contributed by atoms with van der Waals surface area (Å²) in [5.41, 5.74) is 10.8. The maximum atomic E-state index is 4.87. The molecule has 0 saturated heterocycles. The van der Waals surface area contributed by atoms with Crippen LogP contribution in [0.4, 0.5) is 0 Å². The number of fused-ring (bicyclic) bond motifs is 4. The molecule has 0 aliphatic rings. The molecule has 2 heteroatoms. The summed E-state index contributed by atoms with van der Waals surface area (Å²) >= 11 is 0. The minimum absolute atomic E-state index is 0.879. The van der Waals surface area contributed by atoms with Gasteiger partial charge in [-0.3, -0.25) is 4.57 Å². The van der Waals surface area contributed by atoms with E-state index in [1.54, 1.807) is 0 Å². The van der Waals surface area contributed by atoms with Gasteiger partial charge in [0.25, 0.3) is 0 Å². The molecule has 2 nitrogen and oxygen atoms in total. The molecule has 0 saturated carbocycles. The molecule has 0 N–H and O–H groups in total. The van der Waals surface area contributed by atoms with E-state index in [9.17, 15) is 0 Å². The first-order valence-electron chi connectivity index (χ1n) is 16.4. The summed E-state index contributed by atoms with van der Waals surface area (Å²) in [4.78, 5) is 4.87. The highest BCUT2D eigenvalue weighted by Crippen LogP contribution is 2.44. The smallest absolute Gasteiger partial charge is 0.114 e. The lowest BCUT2D eigenvalue weighted by molar-refractivity contribution is 0.908. The third-order valence-corrected chi connectivity index (χ3v) is 9.55. The number of aromatic nitrogens is 2. The molecule has 0 bridgehead atoms. The van der Waals surface area contributed by atoms with E-state index >= 15 is 0 Å². The van der Waals surface area contributed by atoms with Gasteiger partial charge < -0.3 is 0 Å². The van der Waals surface area contributed by atoms with E-state index in [4.69, 9.17) is 4.98 Å². The molecule has 222 valence electrons. The summed E-state index contributed by atoms with van der Waals surface area (Å²) in [5, 5.41) is 7.60. The van der Waals surface area contributed by atoms with E-state index in [1.165, 1.54) is 65.7 Å². The molecule has 47 heavy (non-hydrogen) atoms. The Morgan fingerprint density at radius 2 is 0.936 bits per heavy atom. The fraction of sp³-hybridized carbons (Fsp3) is 0.0444. The number of rotatable bonds is 5. The van der Waals surface area contributed by atoms with E-state index in [-0.39, 0.29) is 0 Å². The Labute approximate surface area is 274 Å². The molecule has 0 radical (unpaired) electrons. The molecule has 9 aromatic rings. The van der Waals surface area contributed by atoms with Gasteiger partial charge >= 0.3 is 0 Å². The van der Waals surface area contributed by atoms with Crippen molar-refractivity contribution in [1.82, 2.24) is 9.55 Å². The highest BCUT2D eigenvalue weighted by Gasteiger charge is 2.17. The Hall–Kier alpha value is -5.99. The van der Waals surface area contributed by atoms with Gasteiger partial charge in [-0.2, -0.15) is 0 Å². The van der Waals surface area contributed by atoms with Crippen molar-refractivity contribution in [3.8, 4) is 39.1 Å². The van der Waals surface area contributed by atoms with Gasteiger partial charge in [-0.05, 0) is 96.0 Å². The maximum absolute atomic E-state index is 4.87. The highest BCUT2D eigenvalue weighted by atomic mass is 15.1. The molecule has 0 spiro atoms. The Balaban J connectivity index is 1.14. The summed E-state index contributed by atoms with van der Waals surface area (Å²) in [5.74, 6) is 1.08. The average molecular weight is 601 g/mol. The van der Waals surface area contributed by atoms with Gasteiger partial charge in [-0.1, -0.05) is 140 Å². The molecule has 0 fully saturated rings. The second-order valence-electron chi connectivity index (χ2n) is 12.2. The largest absolute Gasteiger partial charge is 0.296 e. The minimum Gasteiger partial charge on any atom is -0.296 e. The van der Waals surface area contributed by atoms with Gasteiger partial charge in [0.1, 0.15) is 5.82 Å². The van der Waals surface area contributed by atoms with Crippen LogP contribution in [0.3, 0.4) is 0 Å². The Kier molecular flexibility index (Phi) is 6.46. The maximum Gasteiger partial charge on any atom is 0.114 e. The molecule has 1 aromatic heterocycles. The van der Waals surface area contributed by atoms with Crippen LogP contribution < -0.4 is 0 Å². The van der Waals surface area contributed by atoms with E-state index in [0.717, 1.165) is 29.0 Å². The Bertz CT molecular complexity index is 2530. The molecule has 0 atom stereocenters. The van der Waals surface area contributed by atoms with Crippen molar-refractivity contribution in [3.63, 3.8) is 0 Å². The molecular weight excluding hydrogens is 569 g/mol. The number of aryl methyl sites for hydroxylation is 1. The predicted octanol–water partition coefficient (Wildman–Crippen LogP) is 12.0. The quantitative estimate of drug-likeness (QED) is 0.180. The highest BCUT2D eigenvalue weighted by molar-refractivity contribution is 6.21. The normalized spacial score (nSPS) is 11.6. The number of para-hydroxylation sites is 2. The molecular formula is C45H32N2.